The molecule has 0 aliphatic heterocycles. The van der Waals surface area contributed by atoms with Gasteiger partial charge in [-0.2, -0.15) is 0 Å². The molecule has 0 spiro atoms. The fourth-order valence-corrected chi connectivity index (χ4v) is 3.45. The van der Waals surface area contributed by atoms with E-state index in [1.807, 2.05) is 37.3 Å². The fourth-order valence-electron chi connectivity index (χ4n) is 2.90. The Balaban J connectivity index is 1.91. The maximum atomic E-state index is 12.3. The summed E-state index contributed by atoms with van der Waals surface area (Å²) in [5, 5.41) is 6.23. The number of carbonyl (C=O) groups excluding carboxylic acids is 3. The van der Waals surface area contributed by atoms with Gasteiger partial charge in [0.25, 0.3) is 0 Å². The lowest BCUT2D eigenvalue weighted by molar-refractivity contribution is -0.145. The third kappa shape index (κ3) is 7.04. The van der Waals surface area contributed by atoms with Gasteiger partial charge in [-0.05, 0) is 30.2 Å². The lowest BCUT2D eigenvalue weighted by Gasteiger charge is -2.18. The van der Waals surface area contributed by atoms with Crippen molar-refractivity contribution in [3.05, 3.63) is 69.7 Å². The minimum atomic E-state index is -0.966. The summed E-state index contributed by atoms with van der Waals surface area (Å²) in [7, 11) is 1.23. The molecule has 8 heteroatoms. The van der Waals surface area contributed by atoms with Gasteiger partial charge in [-0.15, -0.1) is 0 Å². The molecule has 2 rings (SSSR count). The second kappa shape index (κ2) is 11.6. The predicted molar refractivity (Wildman–Crippen MR) is 116 cm³/mol. The first kappa shape index (κ1) is 23.7. The van der Waals surface area contributed by atoms with Gasteiger partial charge < -0.3 is 15.4 Å². The van der Waals surface area contributed by atoms with Crippen molar-refractivity contribution in [1.29, 1.82) is 0 Å². The predicted octanol–water partition coefficient (Wildman–Crippen LogP) is 3.85. The molecule has 2 aromatic rings. The first-order chi connectivity index (χ1) is 14.3. The number of hydrogen-bond acceptors (Lipinski definition) is 4. The van der Waals surface area contributed by atoms with Gasteiger partial charge in [0.05, 0.1) is 13.2 Å². The molecule has 6 nitrogen and oxygen atoms in total. The normalized spacial score (nSPS) is 12.5. The largest absolute Gasteiger partial charge is 0.467 e. The van der Waals surface area contributed by atoms with E-state index in [1.54, 1.807) is 18.2 Å². The van der Waals surface area contributed by atoms with Crippen LogP contribution in [0.2, 0.25) is 10.0 Å². The summed E-state index contributed by atoms with van der Waals surface area (Å²) in [6.45, 7) is 1.87. The number of nitrogens with one attached hydrogen (secondary N) is 2. The lowest BCUT2D eigenvalue weighted by atomic mass is 10.1. The Bertz CT molecular complexity index is 870. The summed E-state index contributed by atoms with van der Waals surface area (Å²) in [6, 6.07) is 13.4. The summed E-state index contributed by atoms with van der Waals surface area (Å²) in [4.78, 5) is 36.6. The van der Waals surface area contributed by atoms with Crippen molar-refractivity contribution in [2.45, 2.75) is 38.3 Å². The molecule has 2 aromatic carbocycles. The van der Waals surface area contributed by atoms with Crippen molar-refractivity contribution in [3.8, 4) is 0 Å². The van der Waals surface area contributed by atoms with E-state index < -0.39 is 17.9 Å². The number of benzene rings is 2. The van der Waals surface area contributed by atoms with Crippen LogP contribution in [-0.4, -0.2) is 30.9 Å². The molecular weight excluding hydrogens is 427 g/mol. The van der Waals surface area contributed by atoms with Crippen LogP contribution in [0.15, 0.2) is 48.5 Å². The second-order valence-electron chi connectivity index (χ2n) is 6.75. The number of carbonyl (C=O) groups is 3. The van der Waals surface area contributed by atoms with Crippen LogP contribution in [0, 0.1) is 0 Å². The topological polar surface area (TPSA) is 84.5 Å². The van der Waals surface area contributed by atoms with E-state index in [-0.39, 0.29) is 31.2 Å². The van der Waals surface area contributed by atoms with Gasteiger partial charge in [0, 0.05) is 29.3 Å². The second-order valence-corrected chi connectivity index (χ2v) is 7.56. The molecule has 0 unspecified atom stereocenters. The summed E-state index contributed by atoms with van der Waals surface area (Å²) in [6.07, 6.45) is -0.00496. The Morgan fingerprint density at radius 2 is 1.47 bits per heavy atom. The van der Waals surface area contributed by atoms with E-state index in [2.05, 4.69) is 10.6 Å². The van der Waals surface area contributed by atoms with Crippen molar-refractivity contribution in [2.75, 3.05) is 7.11 Å². The summed E-state index contributed by atoms with van der Waals surface area (Å²) < 4.78 is 4.77. The highest BCUT2D eigenvalue weighted by atomic mass is 35.5. The molecule has 0 bridgehead atoms. The van der Waals surface area contributed by atoms with E-state index >= 15 is 0 Å². The fraction of sp³-hybridized carbons (Fsp3) is 0.318. The van der Waals surface area contributed by atoms with Gasteiger partial charge in [0.2, 0.25) is 11.8 Å². The maximum absolute atomic E-state index is 12.3. The zero-order valence-electron chi connectivity index (χ0n) is 16.8. The van der Waals surface area contributed by atoms with Crippen LogP contribution in [0.3, 0.4) is 0 Å². The van der Waals surface area contributed by atoms with Crippen LogP contribution >= 0.6 is 23.2 Å². The summed E-state index contributed by atoms with van der Waals surface area (Å²) in [5.74, 6) is -1.33. The molecule has 2 amide bonds. The number of hydrogen-bond donors (Lipinski definition) is 2. The first-order valence-electron chi connectivity index (χ1n) is 9.46. The first-order valence-corrected chi connectivity index (χ1v) is 10.2. The number of halogens is 2. The van der Waals surface area contributed by atoms with E-state index in [0.29, 0.717) is 15.6 Å². The van der Waals surface area contributed by atoms with E-state index in [1.165, 1.54) is 7.11 Å². The van der Waals surface area contributed by atoms with Gasteiger partial charge >= 0.3 is 5.97 Å². The molecule has 0 heterocycles. The number of esters is 1. The maximum Gasteiger partial charge on any atom is 0.328 e. The van der Waals surface area contributed by atoms with Gasteiger partial charge in [0.1, 0.15) is 6.04 Å². The average molecular weight is 451 g/mol. The van der Waals surface area contributed by atoms with Crippen molar-refractivity contribution < 1.29 is 19.1 Å². The molecule has 2 N–H and O–H groups in total. The van der Waals surface area contributed by atoms with Crippen LogP contribution in [-0.2, 0) is 25.5 Å². The SMILES string of the molecule is COC(=O)[C@@H](Cc1c(Cl)cccc1Cl)NC(=O)CCC(=O)N[C@H](C)c1ccccc1. The average Bonchev–Trinajstić information content (AvgIpc) is 2.74. The molecule has 0 saturated heterocycles. The zero-order chi connectivity index (χ0) is 22.1. The van der Waals surface area contributed by atoms with Crippen molar-refractivity contribution in [3.63, 3.8) is 0 Å². The third-order valence-electron chi connectivity index (χ3n) is 4.55. The molecule has 0 radical (unpaired) electrons. The van der Waals surface area contributed by atoms with Gasteiger partial charge in [-0.25, -0.2) is 4.79 Å². The number of amides is 2. The van der Waals surface area contributed by atoms with E-state index in [9.17, 15) is 14.4 Å². The summed E-state index contributed by atoms with van der Waals surface area (Å²) >= 11 is 12.3. The highest BCUT2D eigenvalue weighted by Gasteiger charge is 2.24. The minimum Gasteiger partial charge on any atom is -0.467 e. The molecule has 0 fully saturated rings. The molecule has 160 valence electrons. The monoisotopic (exact) mass is 450 g/mol. The van der Waals surface area contributed by atoms with Crippen LogP contribution < -0.4 is 10.6 Å². The molecule has 0 aliphatic rings. The molecule has 0 aromatic heterocycles. The Labute approximate surface area is 185 Å². The van der Waals surface area contributed by atoms with E-state index in [4.69, 9.17) is 27.9 Å². The Morgan fingerprint density at radius 1 is 0.900 bits per heavy atom. The standard InChI is InChI=1S/C22H24Cl2N2O4/c1-14(15-7-4-3-5-8-15)25-20(27)11-12-21(28)26-19(22(29)30-2)13-16-17(23)9-6-10-18(16)24/h3-10,14,19H,11-13H2,1-2H3,(H,25,27)(H,26,28)/t14-,19-/m1/s1. The van der Waals surface area contributed by atoms with Gasteiger partial charge in [-0.3, -0.25) is 9.59 Å². The molecule has 0 saturated carbocycles. The van der Waals surface area contributed by atoms with Crippen LogP contribution in [0.4, 0.5) is 0 Å². The van der Waals surface area contributed by atoms with Crippen LogP contribution in [0.25, 0.3) is 0 Å². The molecule has 30 heavy (non-hydrogen) atoms. The van der Waals surface area contributed by atoms with Crippen LogP contribution in [0.1, 0.15) is 36.9 Å². The van der Waals surface area contributed by atoms with Gasteiger partial charge in [-0.1, -0.05) is 59.6 Å². The smallest absolute Gasteiger partial charge is 0.328 e. The molecule has 0 aliphatic carbocycles. The van der Waals surface area contributed by atoms with Gasteiger partial charge in [0.15, 0.2) is 0 Å². The Morgan fingerprint density at radius 3 is 2.03 bits per heavy atom. The highest BCUT2D eigenvalue weighted by Crippen LogP contribution is 2.25. The van der Waals surface area contributed by atoms with Crippen LogP contribution in [0.5, 0.6) is 0 Å². The summed E-state index contributed by atoms with van der Waals surface area (Å²) in [5.41, 5.74) is 1.50. The third-order valence-corrected chi connectivity index (χ3v) is 5.26. The number of methoxy groups -OCH3 is 1. The Hall–Kier alpha value is -2.57. The van der Waals surface area contributed by atoms with Crippen molar-refractivity contribution in [2.24, 2.45) is 0 Å². The molecule has 2 atom stereocenters. The highest BCUT2D eigenvalue weighted by molar-refractivity contribution is 6.36. The van der Waals surface area contributed by atoms with Crippen molar-refractivity contribution in [1.82, 2.24) is 10.6 Å². The minimum absolute atomic E-state index is 0.0102. The van der Waals surface area contributed by atoms with E-state index in [0.717, 1.165) is 5.56 Å². The molecular formula is C22H24Cl2N2O4. The lowest BCUT2D eigenvalue weighted by Crippen LogP contribution is -2.43. The number of rotatable bonds is 9. The Kier molecular flexibility index (Phi) is 9.15. The zero-order valence-corrected chi connectivity index (χ0v) is 18.3. The van der Waals surface area contributed by atoms with Crippen molar-refractivity contribution >= 4 is 41.0 Å². The quantitative estimate of drug-likeness (QED) is 0.568. The number of ether oxygens (including phenoxy) is 1.